The molecule has 6 rings (SSSR count). The second-order valence-electron chi connectivity index (χ2n) is 14.3. The third-order valence-electron chi connectivity index (χ3n) is 10.4. The predicted molar refractivity (Wildman–Crippen MR) is 204 cm³/mol. The number of hydrogen-bond acceptors (Lipinski definition) is 11. The molecular formula is C36H47F3N10O2S2. The van der Waals surface area contributed by atoms with Crippen molar-refractivity contribution >= 4 is 61.5 Å². The number of carbonyl (C=O) groups excluding carboxylic acids is 1. The molecule has 3 aromatic heterocycles. The zero-order valence-electron chi connectivity index (χ0n) is 31.0. The number of thiophene rings is 1. The second-order valence-corrected chi connectivity index (χ2v) is 16.7. The van der Waals surface area contributed by atoms with Gasteiger partial charge in [-0.3, -0.25) is 14.6 Å². The Hall–Kier alpha value is -3.66. The zero-order chi connectivity index (χ0) is 38.2. The minimum absolute atomic E-state index is 0.0300. The third-order valence-corrected chi connectivity index (χ3v) is 12.6. The number of rotatable bonds is 11. The summed E-state index contributed by atoms with van der Waals surface area (Å²) >= 11 is -0.215. The largest absolute Gasteiger partial charge is 0.598 e. The Balaban J connectivity index is 1.11. The Morgan fingerprint density at radius 2 is 1.91 bits per heavy atom. The van der Waals surface area contributed by atoms with Gasteiger partial charge >= 0.3 is 6.18 Å². The smallest absolute Gasteiger partial charge is 0.393 e. The number of halogens is 3. The highest BCUT2D eigenvalue weighted by atomic mass is 32.2. The number of anilines is 2. The number of nitrogens with zero attached hydrogens (tertiary/aromatic N) is 8. The molecular weight excluding hydrogens is 726 g/mol. The number of aromatic nitrogens is 3. The Morgan fingerprint density at radius 1 is 1.17 bits per heavy atom. The predicted octanol–water partition coefficient (Wildman–Crippen LogP) is 4.81. The lowest BCUT2D eigenvalue weighted by Crippen LogP contribution is -2.61. The minimum Gasteiger partial charge on any atom is -0.598 e. The zero-order valence-corrected chi connectivity index (χ0v) is 32.6. The SMILES string of the molecule is CNc1nc(NC2CCN(Cc3ccc4c(cc(C#N)n4C[C@H](C)N4CCN([S+](C)[O-])[C@H](C(=O)N(C)C)C4)c3C)CC2)c2cc(CC(F)(F)F)sc2n1. The summed E-state index contributed by atoms with van der Waals surface area (Å²) in [6, 6.07) is 9.82. The summed E-state index contributed by atoms with van der Waals surface area (Å²) in [6.45, 7) is 8.89. The number of likely N-dealkylation sites (tertiary alicyclic amines) is 1. The molecule has 17 heteroatoms. The van der Waals surface area contributed by atoms with E-state index in [9.17, 15) is 27.8 Å². The Kier molecular flexibility index (Phi) is 11.8. The maximum absolute atomic E-state index is 13.1. The molecule has 2 saturated heterocycles. The molecule has 0 radical (unpaired) electrons. The quantitative estimate of drug-likeness (QED) is 0.205. The Morgan fingerprint density at radius 3 is 2.55 bits per heavy atom. The molecule has 1 aromatic carbocycles. The lowest BCUT2D eigenvalue weighted by Gasteiger charge is -2.42. The summed E-state index contributed by atoms with van der Waals surface area (Å²) in [5.41, 5.74) is 3.91. The van der Waals surface area contributed by atoms with Gasteiger partial charge < -0.3 is 24.7 Å². The van der Waals surface area contributed by atoms with Crippen molar-refractivity contribution in [2.75, 3.05) is 70.8 Å². The van der Waals surface area contributed by atoms with Crippen LogP contribution in [0.25, 0.3) is 21.1 Å². The van der Waals surface area contributed by atoms with Crippen LogP contribution in [0.2, 0.25) is 0 Å². The molecule has 2 N–H and O–H groups in total. The van der Waals surface area contributed by atoms with Crippen LogP contribution in [0, 0.1) is 18.3 Å². The van der Waals surface area contributed by atoms with Gasteiger partial charge in [0, 0.05) is 99.6 Å². The normalized spacial score (nSPS) is 19.4. The van der Waals surface area contributed by atoms with Crippen LogP contribution in [0.4, 0.5) is 24.9 Å². The fourth-order valence-corrected chi connectivity index (χ4v) is 9.42. The van der Waals surface area contributed by atoms with Crippen molar-refractivity contribution < 1.29 is 22.5 Å². The van der Waals surface area contributed by atoms with Crippen LogP contribution in [0.3, 0.4) is 0 Å². The average molecular weight is 773 g/mol. The number of alkyl halides is 3. The van der Waals surface area contributed by atoms with Crippen molar-refractivity contribution in [3.8, 4) is 6.07 Å². The lowest BCUT2D eigenvalue weighted by molar-refractivity contribution is -0.135. The molecule has 3 atom stereocenters. The summed E-state index contributed by atoms with van der Waals surface area (Å²) in [7, 11) is 5.13. The molecule has 12 nitrogen and oxygen atoms in total. The number of benzene rings is 1. The van der Waals surface area contributed by atoms with Crippen LogP contribution in [-0.4, -0.2) is 128 Å². The molecule has 1 amide bonds. The van der Waals surface area contributed by atoms with Gasteiger partial charge in [0.25, 0.3) is 0 Å². The maximum Gasteiger partial charge on any atom is 0.393 e. The van der Waals surface area contributed by atoms with E-state index in [0.29, 0.717) is 53.9 Å². The highest BCUT2D eigenvalue weighted by Crippen LogP contribution is 2.35. The summed E-state index contributed by atoms with van der Waals surface area (Å²) < 4.78 is 55.6. The van der Waals surface area contributed by atoms with E-state index in [1.807, 2.05) is 6.07 Å². The van der Waals surface area contributed by atoms with Crippen LogP contribution in [-0.2, 0) is 35.7 Å². The first-order chi connectivity index (χ1) is 25.1. The monoisotopic (exact) mass is 772 g/mol. The molecule has 53 heavy (non-hydrogen) atoms. The van der Waals surface area contributed by atoms with E-state index < -0.39 is 30.0 Å². The van der Waals surface area contributed by atoms with Crippen molar-refractivity contribution in [2.45, 2.75) is 70.5 Å². The van der Waals surface area contributed by atoms with Crippen molar-refractivity contribution in [3.05, 3.63) is 46.0 Å². The number of fused-ring (bicyclic) bond motifs is 2. The first kappa shape index (κ1) is 39.0. The van der Waals surface area contributed by atoms with Gasteiger partial charge in [0.2, 0.25) is 11.9 Å². The first-order valence-corrected chi connectivity index (χ1v) is 20.1. The number of nitriles is 1. The summed E-state index contributed by atoms with van der Waals surface area (Å²) in [6.07, 6.45) is -1.98. The second kappa shape index (κ2) is 16.0. The number of amides is 1. The number of piperazine rings is 1. The third kappa shape index (κ3) is 8.68. The molecule has 0 spiro atoms. The average Bonchev–Trinajstić information content (AvgIpc) is 3.69. The van der Waals surface area contributed by atoms with Crippen molar-refractivity contribution in [1.29, 1.82) is 5.26 Å². The van der Waals surface area contributed by atoms with E-state index in [1.54, 1.807) is 42.7 Å². The number of aryl methyl sites for hydroxylation is 1. The van der Waals surface area contributed by atoms with E-state index in [4.69, 9.17) is 0 Å². The van der Waals surface area contributed by atoms with Crippen molar-refractivity contribution in [2.24, 2.45) is 0 Å². The van der Waals surface area contributed by atoms with Crippen LogP contribution in [0.5, 0.6) is 0 Å². The highest BCUT2D eigenvalue weighted by Gasteiger charge is 2.40. The standard InChI is InChI=1S/C36H47F3N10O2S2/c1-22(47-13-14-49(53(6)51)31(21-47)34(50)45(4)5)19-48-26(18-40)15-28-23(2)24(7-8-30(28)48)20-46-11-9-25(10-12-46)42-32-29-16-27(17-36(37,38)39)52-33(29)44-35(41-3)43-32/h7-8,15-16,22,25,31H,9-14,17,19-21H2,1-6H3,(H2,41,42,43,44)/t22-,31-,53?/m0/s1. The van der Waals surface area contributed by atoms with Gasteiger partial charge in [-0.05, 0) is 56.0 Å². The molecule has 1 unspecified atom stereocenters. The van der Waals surface area contributed by atoms with E-state index in [2.05, 4.69) is 67.0 Å². The molecule has 2 aliphatic rings. The number of piperidine rings is 1. The fraction of sp³-hybridized carbons (Fsp3) is 0.556. The summed E-state index contributed by atoms with van der Waals surface area (Å²) in [5, 5.41) is 18.2. The van der Waals surface area contributed by atoms with Gasteiger partial charge in [-0.25, -0.2) is 4.98 Å². The highest BCUT2D eigenvalue weighted by molar-refractivity contribution is 7.88. The number of hydrogen-bond donors (Lipinski definition) is 2. The van der Waals surface area contributed by atoms with Crippen molar-refractivity contribution in [1.82, 2.24) is 33.5 Å². The van der Waals surface area contributed by atoms with Crippen LogP contribution >= 0.6 is 11.3 Å². The lowest BCUT2D eigenvalue weighted by atomic mass is 10.0. The van der Waals surface area contributed by atoms with Crippen LogP contribution in [0.15, 0.2) is 24.3 Å². The molecule has 0 aliphatic carbocycles. The molecule has 5 heterocycles. The van der Waals surface area contributed by atoms with E-state index in [1.165, 1.54) is 5.56 Å². The van der Waals surface area contributed by atoms with Gasteiger partial charge in [0.15, 0.2) is 0 Å². The molecule has 2 aliphatic heterocycles. The molecule has 2 fully saturated rings. The number of likely N-dealkylation sites (N-methyl/N-ethyl adjacent to an activating group) is 1. The van der Waals surface area contributed by atoms with Gasteiger partial charge in [0.05, 0.1) is 18.4 Å². The van der Waals surface area contributed by atoms with E-state index in [0.717, 1.165) is 60.3 Å². The Bertz CT molecular complexity index is 1980. The maximum atomic E-state index is 13.1. The van der Waals surface area contributed by atoms with Crippen LogP contribution < -0.4 is 10.6 Å². The van der Waals surface area contributed by atoms with E-state index in [-0.39, 0.29) is 22.9 Å². The first-order valence-electron chi connectivity index (χ1n) is 17.8. The van der Waals surface area contributed by atoms with Gasteiger partial charge in [-0.1, -0.05) is 6.07 Å². The van der Waals surface area contributed by atoms with E-state index >= 15 is 0 Å². The molecule has 0 bridgehead atoms. The van der Waals surface area contributed by atoms with Gasteiger partial charge in [0.1, 0.15) is 34.7 Å². The molecule has 4 aromatic rings. The Labute approximate surface area is 315 Å². The summed E-state index contributed by atoms with van der Waals surface area (Å²) in [4.78, 5) is 28.9. The van der Waals surface area contributed by atoms with Crippen LogP contribution in [0.1, 0.15) is 41.5 Å². The molecule has 0 saturated carbocycles. The topological polar surface area (TPSA) is 132 Å². The van der Waals surface area contributed by atoms with Gasteiger partial charge in [-0.15, -0.1) is 15.6 Å². The number of carbonyl (C=O) groups is 1. The minimum atomic E-state index is -4.29. The van der Waals surface area contributed by atoms with Crippen molar-refractivity contribution in [3.63, 3.8) is 0 Å². The number of nitrogens with one attached hydrogen (secondary N) is 2. The fourth-order valence-electron chi connectivity index (χ4n) is 7.50. The van der Waals surface area contributed by atoms with Gasteiger partial charge in [-0.2, -0.15) is 23.4 Å². The molecule has 286 valence electrons. The summed E-state index contributed by atoms with van der Waals surface area (Å²) in [5.74, 6) is 0.850.